The standard InChI is InChI=1S/C10H7ClN2O2/c11-8-4-1-7(2-5-8)3-6-9-12-10(14)15-13-9/h1-6H,(H,12,13,14)/b6-3+. The van der Waals surface area contributed by atoms with Crippen molar-refractivity contribution in [2.75, 3.05) is 0 Å². The van der Waals surface area contributed by atoms with Gasteiger partial charge in [-0.15, -0.1) is 0 Å². The van der Waals surface area contributed by atoms with Crippen molar-refractivity contribution in [2.45, 2.75) is 0 Å². The second-order valence-corrected chi connectivity index (χ2v) is 3.30. The highest BCUT2D eigenvalue weighted by molar-refractivity contribution is 6.30. The zero-order valence-corrected chi connectivity index (χ0v) is 8.36. The number of rotatable bonds is 2. The van der Waals surface area contributed by atoms with E-state index in [1.54, 1.807) is 24.3 Å². The van der Waals surface area contributed by atoms with Gasteiger partial charge in [-0.3, -0.25) is 9.51 Å². The molecule has 76 valence electrons. The van der Waals surface area contributed by atoms with Gasteiger partial charge in [0.15, 0.2) is 5.82 Å². The van der Waals surface area contributed by atoms with E-state index in [4.69, 9.17) is 11.6 Å². The van der Waals surface area contributed by atoms with Gasteiger partial charge in [-0.05, 0) is 23.8 Å². The number of hydrogen-bond acceptors (Lipinski definition) is 3. The third kappa shape index (κ3) is 2.57. The van der Waals surface area contributed by atoms with Crippen LogP contribution in [0.1, 0.15) is 11.4 Å². The fourth-order valence-corrected chi connectivity index (χ4v) is 1.19. The number of benzene rings is 1. The Morgan fingerprint density at radius 1 is 1.27 bits per heavy atom. The second kappa shape index (κ2) is 4.14. The topological polar surface area (TPSA) is 58.9 Å². The Morgan fingerprint density at radius 3 is 2.60 bits per heavy atom. The number of aromatic amines is 1. The van der Waals surface area contributed by atoms with Gasteiger partial charge in [0, 0.05) is 5.02 Å². The van der Waals surface area contributed by atoms with Gasteiger partial charge >= 0.3 is 5.76 Å². The van der Waals surface area contributed by atoms with Gasteiger partial charge in [-0.2, -0.15) is 0 Å². The third-order valence-corrected chi connectivity index (χ3v) is 2.01. The van der Waals surface area contributed by atoms with Crippen molar-refractivity contribution >= 4 is 23.8 Å². The van der Waals surface area contributed by atoms with Crippen LogP contribution in [0.25, 0.3) is 12.2 Å². The normalized spacial score (nSPS) is 11.0. The fourth-order valence-electron chi connectivity index (χ4n) is 1.06. The SMILES string of the molecule is O=c1[nH]c(/C=C/c2ccc(Cl)cc2)no1. The first-order valence-electron chi connectivity index (χ1n) is 4.24. The quantitative estimate of drug-likeness (QED) is 0.847. The first-order valence-corrected chi connectivity index (χ1v) is 4.61. The molecule has 1 aromatic carbocycles. The minimum Gasteiger partial charge on any atom is -0.296 e. The van der Waals surface area contributed by atoms with Crippen LogP contribution < -0.4 is 5.76 Å². The van der Waals surface area contributed by atoms with Crippen molar-refractivity contribution in [1.82, 2.24) is 10.1 Å². The number of H-pyrrole nitrogens is 1. The van der Waals surface area contributed by atoms with E-state index in [2.05, 4.69) is 14.7 Å². The summed E-state index contributed by atoms with van der Waals surface area (Å²) in [6.07, 6.45) is 3.44. The van der Waals surface area contributed by atoms with Crippen LogP contribution in [-0.2, 0) is 0 Å². The summed E-state index contributed by atoms with van der Waals surface area (Å²) < 4.78 is 4.34. The number of nitrogens with one attached hydrogen (secondary N) is 1. The molecule has 0 saturated heterocycles. The number of halogens is 1. The molecule has 5 heteroatoms. The largest absolute Gasteiger partial charge is 0.439 e. The average molecular weight is 223 g/mol. The van der Waals surface area contributed by atoms with Crippen LogP contribution in [0.5, 0.6) is 0 Å². The highest BCUT2D eigenvalue weighted by Crippen LogP contribution is 2.11. The van der Waals surface area contributed by atoms with Crippen molar-refractivity contribution in [3.8, 4) is 0 Å². The van der Waals surface area contributed by atoms with Gasteiger partial charge in [-0.1, -0.05) is 35.0 Å². The van der Waals surface area contributed by atoms with Crippen LogP contribution in [-0.4, -0.2) is 10.1 Å². The van der Waals surface area contributed by atoms with Crippen LogP contribution in [0.2, 0.25) is 5.02 Å². The molecule has 0 aliphatic heterocycles. The summed E-state index contributed by atoms with van der Waals surface area (Å²) in [5.41, 5.74) is 0.961. The predicted octanol–water partition coefficient (Wildman–Crippen LogP) is 2.19. The van der Waals surface area contributed by atoms with E-state index in [0.29, 0.717) is 10.8 Å². The molecule has 1 N–H and O–H groups in total. The molecule has 1 heterocycles. The maximum absolute atomic E-state index is 10.6. The summed E-state index contributed by atoms with van der Waals surface area (Å²) in [5, 5.41) is 4.17. The maximum atomic E-state index is 10.6. The lowest BCUT2D eigenvalue weighted by atomic mass is 10.2. The van der Waals surface area contributed by atoms with E-state index in [1.165, 1.54) is 0 Å². The molecular weight excluding hydrogens is 216 g/mol. The summed E-state index contributed by atoms with van der Waals surface area (Å²) in [4.78, 5) is 13.0. The van der Waals surface area contributed by atoms with Crippen LogP contribution in [0, 0.1) is 0 Å². The van der Waals surface area contributed by atoms with E-state index in [1.807, 2.05) is 12.1 Å². The van der Waals surface area contributed by atoms with Gasteiger partial charge in [-0.25, -0.2) is 4.79 Å². The van der Waals surface area contributed by atoms with Crippen LogP contribution >= 0.6 is 11.6 Å². The Morgan fingerprint density at radius 2 is 2.00 bits per heavy atom. The highest BCUT2D eigenvalue weighted by atomic mass is 35.5. The lowest BCUT2D eigenvalue weighted by Gasteiger charge is -1.91. The van der Waals surface area contributed by atoms with Crippen LogP contribution in [0.3, 0.4) is 0 Å². The summed E-state index contributed by atoms with van der Waals surface area (Å²) in [5.74, 6) is -0.180. The zero-order valence-electron chi connectivity index (χ0n) is 7.61. The lowest BCUT2D eigenvalue weighted by molar-refractivity contribution is 0.385. The van der Waals surface area contributed by atoms with Gasteiger partial charge in [0.25, 0.3) is 0 Å². The summed E-state index contributed by atoms with van der Waals surface area (Å²) in [7, 11) is 0. The molecular formula is C10H7ClN2O2. The van der Waals surface area contributed by atoms with E-state index >= 15 is 0 Å². The van der Waals surface area contributed by atoms with E-state index in [-0.39, 0.29) is 0 Å². The monoisotopic (exact) mass is 222 g/mol. The van der Waals surface area contributed by atoms with Gasteiger partial charge in [0.2, 0.25) is 0 Å². The zero-order chi connectivity index (χ0) is 10.7. The van der Waals surface area contributed by atoms with Crippen LogP contribution in [0.4, 0.5) is 0 Å². The Balaban J connectivity index is 2.18. The molecule has 0 fully saturated rings. The van der Waals surface area contributed by atoms with Crippen molar-refractivity contribution < 1.29 is 4.52 Å². The first kappa shape index (κ1) is 9.73. The summed E-state index contributed by atoms with van der Waals surface area (Å²) >= 11 is 5.73. The summed E-state index contributed by atoms with van der Waals surface area (Å²) in [6.45, 7) is 0. The molecule has 15 heavy (non-hydrogen) atoms. The molecule has 1 aromatic heterocycles. The number of hydrogen-bond donors (Lipinski definition) is 1. The van der Waals surface area contributed by atoms with E-state index in [0.717, 1.165) is 5.56 Å². The molecule has 0 atom stereocenters. The lowest BCUT2D eigenvalue weighted by Crippen LogP contribution is -1.94. The molecule has 0 saturated carbocycles. The molecule has 0 amide bonds. The number of nitrogens with zero attached hydrogens (tertiary/aromatic N) is 1. The Kier molecular flexibility index (Phi) is 2.69. The molecule has 0 bridgehead atoms. The molecule has 0 spiro atoms. The van der Waals surface area contributed by atoms with Crippen molar-refractivity contribution in [2.24, 2.45) is 0 Å². The second-order valence-electron chi connectivity index (χ2n) is 2.87. The van der Waals surface area contributed by atoms with Crippen LogP contribution in [0.15, 0.2) is 33.6 Å². The first-order chi connectivity index (χ1) is 7.24. The van der Waals surface area contributed by atoms with Crippen molar-refractivity contribution in [3.05, 3.63) is 51.2 Å². The van der Waals surface area contributed by atoms with Crippen molar-refractivity contribution in [1.29, 1.82) is 0 Å². The molecule has 2 rings (SSSR count). The molecule has 0 radical (unpaired) electrons. The molecule has 4 nitrogen and oxygen atoms in total. The molecule has 0 unspecified atom stereocenters. The third-order valence-electron chi connectivity index (χ3n) is 1.76. The average Bonchev–Trinajstić information content (AvgIpc) is 2.64. The number of aromatic nitrogens is 2. The Hall–Kier alpha value is -1.81. The molecule has 0 aliphatic carbocycles. The minimum atomic E-state index is -0.564. The highest BCUT2D eigenvalue weighted by Gasteiger charge is 1.94. The molecule has 0 aliphatic rings. The molecule has 2 aromatic rings. The van der Waals surface area contributed by atoms with Gasteiger partial charge < -0.3 is 0 Å². The van der Waals surface area contributed by atoms with E-state index < -0.39 is 5.76 Å². The maximum Gasteiger partial charge on any atom is 0.439 e. The Bertz CT molecular complexity index is 525. The fraction of sp³-hybridized carbons (Fsp3) is 0. The van der Waals surface area contributed by atoms with Gasteiger partial charge in [0.05, 0.1) is 0 Å². The van der Waals surface area contributed by atoms with Crippen molar-refractivity contribution in [3.63, 3.8) is 0 Å². The summed E-state index contributed by atoms with van der Waals surface area (Å²) in [6, 6.07) is 7.29. The minimum absolute atomic E-state index is 0.384. The van der Waals surface area contributed by atoms with Gasteiger partial charge in [0.1, 0.15) is 0 Å². The smallest absolute Gasteiger partial charge is 0.296 e. The van der Waals surface area contributed by atoms with E-state index in [9.17, 15) is 4.79 Å². The predicted molar refractivity (Wildman–Crippen MR) is 57.5 cm³/mol. The Labute approximate surface area is 90.2 Å².